The van der Waals surface area contributed by atoms with Crippen LogP contribution >= 0.6 is 0 Å². The Kier molecular flexibility index (Phi) is 3.06. The lowest BCUT2D eigenvalue weighted by Gasteiger charge is -2.26. The van der Waals surface area contributed by atoms with Crippen LogP contribution in [0.1, 0.15) is 23.5 Å². The van der Waals surface area contributed by atoms with Crippen LogP contribution in [0, 0.1) is 6.92 Å². The number of hydrogen-bond acceptors (Lipinski definition) is 3. The van der Waals surface area contributed by atoms with Gasteiger partial charge in [-0.1, -0.05) is 6.07 Å². The fourth-order valence-corrected chi connectivity index (χ4v) is 2.73. The minimum absolute atomic E-state index is 0.170. The van der Waals surface area contributed by atoms with Crippen LogP contribution in [0.15, 0.2) is 18.2 Å². The molecular weight excluding hydrogens is 252 g/mol. The van der Waals surface area contributed by atoms with Gasteiger partial charge in [0.25, 0.3) is 0 Å². The first-order valence-electron chi connectivity index (χ1n) is 6.75. The highest BCUT2D eigenvalue weighted by Gasteiger charge is 2.21. The summed E-state index contributed by atoms with van der Waals surface area (Å²) in [6.07, 6.45) is 1.35. The van der Waals surface area contributed by atoms with Gasteiger partial charge >= 0.3 is 0 Å². The molecule has 5 nitrogen and oxygen atoms in total. The lowest BCUT2D eigenvalue weighted by Crippen LogP contribution is -2.30. The van der Waals surface area contributed by atoms with Gasteiger partial charge in [0.1, 0.15) is 5.82 Å². The van der Waals surface area contributed by atoms with Crippen molar-refractivity contribution in [3.05, 3.63) is 35.3 Å². The Morgan fingerprint density at radius 3 is 2.95 bits per heavy atom. The van der Waals surface area contributed by atoms with E-state index >= 15 is 0 Å². The number of hydrogen-bond donors (Lipinski definition) is 2. The highest BCUT2D eigenvalue weighted by atomic mass is 16.2. The normalized spacial score (nSPS) is 14.6. The number of carbonyl (C=O) groups is 1. The topological polar surface area (TPSA) is 75.0 Å². The molecule has 0 spiro atoms. The lowest BCUT2D eigenvalue weighted by molar-refractivity contribution is -0.118. The maximum atomic E-state index is 11.7. The Morgan fingerprint density at radius 1 is 1.40 bits per heavy atom. The molecule has 2 heterocycles. The third kappa shape index (κ3) is 2.00. The van der Waals surface area contributed by atoms with Crippen LogP contribution in [0.5, 0.6) is 0 Å². The summed E-state index contributed by atoms with van der Waals surface area (Å²) in [6.45, 7) is 2.36. The standard InChI is InChI=1S/C15H18N4O/c1-9-17-12(8-16)15(18-9)11-3-5-13-10(7-11)4-6-14(20)19(13)2/h3,5,7H,4,6,8,16H2,1-2H3,(H,17,18). The lowest BCUT2D eigenvalue weighted by atomic mass is 9.97. The molecule has 20 heavy (non-hydrogen) atoms. The molecule has 3 rings (SSSR count). The van der Waals surface area contributed by atoms with Crippen molar-refractivity contribution in [3.8, 4) is 11.3 Å². The molecule has 1 aromatic heterocycles. The number of H-pyrrole nitrogens is 1. The number of aromatic nitrogens is 2. The number of amides is 1. The average Bonchev–Trinajstić information content (AvgIpc) is 2.84. The summed E-state index contributed by atoms with van der Waals surface area (Å²) in [5.74, 6) is 1.04. The van der Waals surface area contributed by atoms with Gasteiger partial charge in [-0.15, -0.1) is 0 Å². The van der Waals surface area contributed by atoms with E-state index in [-0.39, 0.29) is 5.91 Å². The molecule has 3 N–H and O–H groups in total. The van der Waals surface area contributed by atoms with Crippen molar-refractivity contribution in [1.29, 1.82) is 0 Å². The smallest absolute Gasteiger partial charge is 0.227 e. The van der Waals surface area contributed by atoms with E-state index in [1.807, 2.05) is 26.1 Å². The number of carbonyl (C=O) groups excluding carboxylic acids is 1. The van der Waals surface area contributed by atoms with E-state index in [0.29, 0.717) is 13.0 Å². The minimum atomic E-state index is 0.170. The van der Waals surface area contributed by atoms with Crippen LogP contribution in [-0.2, 0) is 17.8 Å². The van der Waals surface area contributed by atoms with Gasteiger partial charge in [0.2, 0.25) is 5.91 Å². The first kappa shape index (κ1) is 12.9. The molecule has 0 bridgehead atoms. The Morgan fingerprint density at radius 2 is 2.20 bits per heavy atom. The third-order valence-electron chi connectivity index (χ3n) is 3.80. The number of nitrogens with two attached hydrogens (primary N) is 1. The second-order valence-corrected chi connectivity index (χ2v) is 5.15. The zero-order chi connectivity index (χ0) is 14.3. The van der Waals surface area contributed by atoms with Crippen molar-refractivity contribution in [2.45, 2.75) is 26.3 Å². The number of nitrogens with one attached hydrogen (secondary N) is 1. The van der Waals surface area contributed by atoms with Gasteiger partial charge in [-0.25, -0.2) is 4.98 Å². The average molecular weight is 270 g/mol. The molecule has 0 saturated carbocycles. The Bertz CT molecular complexity index is 675. The zero-order valence-corrected chi connectivity index (χ0v) is 11.7. The Hall–Kier alpha value is -2.14. The number of fused-ring (bicyclic) bond motifs is 1. The minimum Gasteiger partial charge on any atom is -0.345 e. The van der Waals surface area contributed by atoms with Crippen LogP contribution in [-0.4, -0.2) is 22.9 Å². The maximum absolute atomic E-state index is 11.7. The predicted octanol–water partition coefficient (Wildman–Crippen LogP) is 1.75. The van der Waals surface area contributed by atoms with Gasteiger partial charge < -0.3 is 15.6 Å². The summed E-state index contributed by atoms with van der Waals surface area (Å²) < 4.78 is 0. The number of imidazole rings is 1. The largest absolute Gasteiger partial charge is 0.345 e. The molecule has 5 heteroatoms. The summed E-state index contributed by atoms with van der Waals surface area (Å²) in [6, 6.07) is 6.11. The molecule has 0 saturated heterocycles. The molecule has 1 aliphatic heterocycles. The molecule has 1 amide bonds. The molecule has 2 aromatic rings. The number of anilines is 1. The highest BCUT2D eigenvalue weighted by Crippen LogP contribution is 2.31. The number of nitrogens with zero attached hydrogens (tertiary/aromatic N) is 2. The summed E-state index contributed by atoms with van der Waals surface area (Å²) in [4.78, 5) is 21.1. The summed E-state index contributed by atoms with van der Waals surface area (Å²) in [5.41, 5.74) is 10.8. The van der Waals surface area contributed by atoms with Crippen LogP contribution in [0.3, 0.4) is 0 Å². The van der Waals surface area contributed by atoms with E-state index in [2.05, 4.69) is 16.0 Å². The van der Waals surface area contributed by atoms with Crippen molar-refractivity contribution in [3.63, 3.8) is 0 Å². The monoisotopic (exact) mass is 270 g/mol. The predicted molar refractivity (Wildman–Crippen MR) is 78.4 cm³/mol. The van der Waals surface area contributed by atoms with Gasteiger partial charge in [0.05, 0.1) is 11.4 Å². The van der Waals surface area contributed by atoms with E-state index in [9.17, 15) is 4.79 Å². The van der Waals surface area contributed by atoms with Crippen molar-refractivity contribution >= 4 is 11.6 Å². The summed E-state index contributed by atoms with van der Waals surface area (Å²) >= 11 is 0. The molecule has 1 aromatic carbocycles. The molecule has 0 fully saturated rings. The van der Waals surface area contributed by atoms with Crippen molar-refractivity contribution in [1.82, 2.24) is 9.97 Å². The molecule has 104 valence electrons. The van der Waals surface area contributed by atoms with E-state index in [1.54, 1.807) is 4.90 Å². The SMILES string of the molecule is Cc1nc(-c2ccc3c(c2)CCC(=O)N3C)c(CN)[nH]1. The highest BCUT2D eigenvalue weighted by molar-refractivity contribution is 5.96. The van der Waals surface area contributed by atoms with E-state index in [4.69, 9.17) is 5.73 Å². The van der Waals surface area contributed by atoms with Gasteiger partial charge in [0.15, 0.2) is 0 Å². The molecule has 1 aliphatic rings. The molecule has 0 unspecified atom stereocenters. The number of rotatable bonds is 2. The van der Waals surface area contributed by atoms with Gasteiger partial charge in [-0.2, -0.15) is 0 Å². The van der Waals surface area contributed by atoms with Crippen LogP contribution in [0.2, 0.25) is 0 Å². The number of benzene rings is 1. The van der Waals surface area contributed by atoms with Crippen LogP contribution < -0.4 is 10.6 Å². The summed E-state index contributed by atoms with van der Waals surface area (Å²) in [5, 5.41) is 0. The van der Waals surface area contributed by atoms with Crippen molar-refractivity contribution in [2.24, 2.45) is 5.73 Å². The van der Waals surface area contributed by atoms with Crippen molar-refractivity contribution in [2.75, 3.05) is 11.9 Å². The maximum Gasteiger partial charge on any atom is 0.227 e. The van der Waals surface area contributed by atoms with E-state index < -0.39 is 0 Å². The Balaban J connectivity index is 2.07. The quantitative estimate of drug-likeness (QED) is 0.873. The number of aryl methyl sites for hydroxylation is 2. The van der Waals surface area contributed by atoms with E-state index in [1.165, 1.54) is 5.56 Å². The van der Waals surface area contributed by atoms with Crippen LogP contribution in [0.4, 0.5) is 5.69 Å². The fraction of sp³-hybridized carbons (Fsp3) is 0.333. The summed E-state index contributed by atoms with van der Waals surface area (Å²) in [7, 11) is 1.82. The molecule has 0 atom stereocenters. The zero-order valence-electron chi connectivity index (χ0n) is 11.7. The van der Waals surface area contributed by atoms with Gasteiger partial charge in [-0.05, 0) is 31.0 Å². The van der Waals surface area contributed by atoms with Gasteiger partial charge in [-0.3, -0.25) is 4.79 Å². The first-order chi connectivity index (χ1) is 9.60. The Labute approximate surface area is 117 Å². The van der Waals surface area contributed by atoms with Crippen molar-refractivity contribution < 1.29 is 4.79 Å². The second-order valence-electron chi connectivity index (χ2n) is 5.15. The van der Waals surface area contributed by atoms with Crippen LogP contribution in [0.25, 0.3) is 11.3 Å². The molecular formula is C15H18N4O. The fourth-order valence-electron chi connectivity index (χ4n) is 2.73. The number of aromatic amines is 1. The van der Waals surface area contributed by atoms with Gasteiger partial charge in [0, 0.05) is 31.3 Å². The third-order valence-corrected chi connectivity index (χ3v) is 3.80. The second kappa shape index (κ2) is 4.76. The molecule has 0 radical (unpaired) electrons. The molecule has 0 aliphatic carbocycles. The first-order valence-corrected chi connectivity index (χ1v) is 6.75. The van der Waals surface area contributed by atoms with E-state index in [0.717, 1.165) is 34.9 Å².